The fraction of sp³-hybridized carbons (Fsp3) is 0.281. The minimum absolute atomic E-state index is 0.0763. The van der Waals surface area contributed by atoms with Gasteiger partial charge in [0.25, 0.3) is 5.91 Å². The standard InChI is InChI=1S/C32H28F2N6O3/c1-6-24(41)38-12-13-39(19(5)16-38)30-21-15-23(34)27(25-22(33)8-7-20-10-14-43-29(20)25)36-31(21)40(32(42)37-30)28-18(4)9-11-35-26(28)17(2)3/h1,7-11,14-15,17,19H,12-13,16H2,2-5H3/t19-/m0/s1. The summed E-state index contributed by atoms with van der Waals surface area (Å²) in [5, 5.41) is 0.818. The SMILES string of the molecule is C#CC(=O)N1CCN(c2nc(=O)n(-c3c(C)ccnc3C(C)C)c3nc(-c4c(F)ccc5ccoc45)c(F)cc23)[C@@H](C)C1. The number of amides is 1. The molecule has 0 bridgehead atoms. The minimum atomic E-state index is -0.815. The second-order valence-electron chi connectivity index (χ2n) is 11.0. The zero-order chi connectivity index (χ0) is 30.6. The van der Waals surface area contributed by atoms with E-state index in [1.807, 2.05) is 32.6 Å². The summed E-state index contributed by atoms with van der Waals surface area (Å²) in [6.45, 7) is 8.48. The Balaban J connectivity index is 1.67. The summed E-state index contributed by atoms with van der Waals surface area (Å²) in [5.41, 5.74) is 0.946. The predicted octanol–water partition coefficient (Wildman–Crippen LogP) is 4.97. The third-order valence-electron chi connectivity index (χ3n) is 7.84. The molecule has 1 saturated heterocycles. The van der Waals surface area contributed by atoms with Crippen molar-refractivity contribution >= 4 is 33.7 Å². The fourth-order valence-corrected chi connectivity index (χ4v) is 5.76. The van der Waals surface area contributed by atoms with Crippen molar-refractivity contribution < 1.29 is 18.0 Å². The number of hydrogen-bond donors (Lipinski definition) is 0. The Morgan fingerprint density at radius 3 is 2.65 bits per heavy atom. The van der Waals surface area contributed by atoms with Crippen molar-refractivity contribution in [1.29, 1.82) is 0 Å². The molecule has 9 nitrogen and oxygen atoms in total. The number of aryl methyl sites for hydroxylation is 1. The van der Waals surface area contributed by atoms with E-state index in [1.165, 1.54) is 29.0 Å². The number of fused-ring (bicyclic) bond motifs is 2. The van der Waals surface area contributed by atoms with Crippen molar-refractivity contribution in [2.75, 3.05) is 24.5 Å². The van der Waals surface area contributed by atoms with Gasteiger partial charge in [0.1, 0.15) is 22.9 Å². The lowest BCUT2D eigenvalue weighted by molar-refractivity contribution is -0.125. The van der Waals surface area contributed by atoms with Crippen LogP contribution in [0.25, 0.3) is 38.9 Å². The van der Waals surface area contributed by atoms with E-state index in [0.717, 1.165) is 5.56 Å². The van der Waals surface area contributed by atoms with E-state index in [2.05, 4.69) is 20.9 Å². The number of carbonyl (C=O) groups excluding carboxylic acids is 1. The molecule has 1 atom stereocenters. The van der Waals surface area contributed by atoms with E-state index in [-0.39, 0.29) is 52.2 Å². The summed E-state index contributed by atoms with van der Waals surface area (Å²) in [4.78, 5) is 43.2. The summed E-state index contributed by atoms with van der Waals surface area (Å²) in [7, 11) is 0. The van der Waals surface area contributed by atoms with Crippen molar-refractivity contribution in [2.45, 2.75) is 39.7 Å². The van der Waals surface area contributed by atoms with Crippen LogP contribution in [0.15, 0.2) is 52.0 Å². The summed E-state index contributed by atoms with van der Waals surface area (Å²) in [6.07, 6.45) is 8.38. The van der Waals surface area contributed by atoms with Gasteiger partial charge in [-0.1, -0.05) is 13.8 Å². The number of nitrogens with zero attached hydrogens (tertiary/aromatic N) is 6. The van der Waals surface area contributed by atoms with Gasteiger partial charge in [-0.15, -0.1) is 6.42 Å². The third-order valence-corrected chi connectivity index (χ3v) is 7.84. The average molecular weight is 583 g/mol. The molecular formula is C32H28F2N6O3. The molecule has 0 saturated carbocycles. The molecule has 11 heteroatoms. The highest BCUT2D eigenvalue weighted by atomic mass is 19.1. The molecule has 1 amide bonds. The molecular weight excluding hydrogens is 554 g/mol. The molecule has 0 unspecified atom stereocenters. The monoisotopic (exact) mass is 582 g/mol. The van der Waals surface area contributed by atoms with E-state index in [1.54, 1.807) is 23.2 Å². The maximum absolute atomic E-state index is 16.1. The van der Waals surface area contributed by atoms with Gasteiger partial charge < -0.3 is 14.2 Å². The zero-order valence-corrected chi connectivity index (χ0v) is 24.1. The highest BCUT2D eigenvalue weighted by molar-refractivity contribution is 5.96. The van der Waals surface area contributed by atoms with Crippen LogP contribution in [0.2, 0.25) is 0 Å². The Kier molecular flexibility index (Phi) is 6.92. The van der Waals surface area contributed by atoms with Gasteiger partial charge in [-0.05, 0) is 61.6 Å². The number of furan rings is 1. The lowest BCUT2D eigenvalue weighted by Crippen LogP contribution is -2.54. The first kappa shape index (κ1) is 28.0. The first-order valence-corrected chi connectivity index (χ1v) is 13.9. The van der Waals surface area contributed by atoms with Crippen LogP contribution in [-0.4, -0.2) is 56.0 Å². The van der Waals surface area contributed by atoms with Gasteiger partial charge in [-0.2, -0.15) is 4.98 Å². The second-order valence-corrected chi connectivity index (χ2v) is 11.0. The van der Waals surface area contributed by atoms with E-state index in [0.29, 0.717) is 29.9 Å². The lowest BCUT2D eigenvalue weighted by Gasteiger charge is -2.40. The van der Waals surface area contributed by atoms with Crippen LogP contribution in [0.1, 0.15) is 37.9 Å². The number of hydrogen-bond acceptors (Lipinski definition) is 7. The first-order valence-electron chi connectivity index (χ1n) is 13.9. The smallest absolute Gasteiger partial charge is 0.355 e. The van der Waals surface area contributed by atoms with Crippen LogP contribution in [-0.2, 0) is 4.79 Å². The van der Waals surface area contributed by atoms with Crippen LogP contribution in [0, 0.1) is 30.9 Å². The maximum Gasteiger partial charge on any atom is 0.355 e. The predicted molar refractivity (Wildman–Crippen MR) is 159 cm³/mol. The largest absolute Gasteiger partial charge is 0.464 e. The van der Waals surface area contributed by atoms with Crippen LogP contribution in [0.5, 0.6) is 0 Å². The molecule has 5 heterocycles. The van der Waals surface area contributed by atoms with E-state index in [9.17, 15) is 9.59 Å². The molecule has 1 aliphatic rings. The van der Waals surface area contributed by atoms with E-state index in [4.69, 9.17) is 10.8 Å². The van der Waals surface area contributed by atoms with Gasteiger partial charge in [0, 0.05) is 37.3 Å². The molecule has 0 radical (unpaired) electrons. The Labute approximate surface area is 245 Å². The fourth-order valence-electron chi connectivity index (χ4n) is 5.76. The minimum Gasteiger partial charge on any atom is -0.464 e. The van der Waals surface area contributed by atoms with E-state index >= 15 is 8.78 Å². The number of halogens is 2. The summed E-state index contributed by atoms with van der Waals surface area (Å²) >= 11 is 0. The second kappa shape index (κ2) is 10.6. The lowest BCUT2D eigenvalue weighted by atomic mass is 10.0. The summed E-state index contributed by atoms with van der Waals surface area (Å²) in [6, 6.07) is 7.10. The molecule has 1 aromatic carbocycles. The van der Waals surface area contributed by atoms with Crippen LogP contribution in [0.3, 0.4) is 0 Å². The summed E-state index contributed by atoms with van der Waals surface area (Å²) < 4.78 is 38.3. The zero-order valence-electron chi connectivity index (χ0n) is 24.1. The first-order chi connectivity index (χ1) is 20.6. The molecule has 0 aliphatic carbocycles. The number of pyridine rings is 2. The number of piperazine rings is 1. The molecule has 5 aromatic rings. The van der Waals surface area contributed by atoms with Gasteiger partial charge in [0.15, 0.2) is 11.5 Å². The van der Waals surface area contributed by atoms with Crippen molar-refractivity contribution in [1.82, 2.24) is 24.4 Å². The number of terminal acetylenes is 1. The molecule has 43 heavy (non-hydrogen) atoms. The van der Waals surface area contributed by atoms with Gasteiger partial charge in [-0.3, -0.25) is 9.78 Å². The number of carbonyl (C=O) groups is 1. The molecule has 1 fully saturated rings. The van der Waals surface area contributed by atoms with Gasteiger partial charge >= 0.3 is 5.69 Å². The van der Waals surface area contributed by atoms with Gasteiger partial charge in [0.2, 0.25) is 0 Å². The number of anilines is 1. The van der Waals surface area contributed by atoms with Crippen LogP contribution < -0.4 is 10.6 Å². The number of aromatic nitrogens is 4. The van der Waals surface area contributed by atoms with Crippen molar-refractivity contribution in [3.63, 3.8) is 0 Å². The maximum atomic E-state index is 16.1. The van der Waals surface area contributed by atoms with Crippen molar-refractivity contribution in [2.24, 2.45) is 0 Å². The Bertz CT molecular complexity index is 2030. The van der Waals surface area contributed by atoms with Gasteiger partial charge in [-0.25, -0.2) is 23.1 Å². The van der Waals surface area contributed by atoms with Crippen molar-refractivity contribution in [3.8, 4) is 29.3 Å². The average Bonchev–Trinajstić information content (AvgIpc) is 3.46. The molecule has 0 N–H and O–H groups in total. The molecule has 4 aromatic heterocycles. The Morgan fingerprint density at radius 2 is 1.93 bits per heavy atom. The van der Waals surface area contributed by atoms with Crippen LogP contribution >= 0.6 is 0 Å². The molecule has 1 aliphatic heterocycles. The topological polar surface area (TPSA) is 97.4 Å². The van der Waals surface area contributed by atoms with Gasteiger partial charge in [0.05, 0.1) is 28.6 Å². The molecule has 218 valence electrons. The Hall–Kier alpha value is -5.11. The third kappa shape index (κ3) is 4.59. The van der Waals surface area contributed by atoms with Crippen molar-refractivity contribution in [3.05, 3.63) is 76.2 Å². The normalized spacial score (nSPS) is 15.4. The highest BCUT2D eigenvalue weighted by Crippen LogP contribution is 2.37. The quantitative estimate of drug-likeness (QED) is 0.276. The number of rotatable bonds is 4. The molecule has 0 spiro atoms. The van der Waals surface area contributed by atoms with Crippen LogP contribution in [0.4, 0.5) is 14.6 Å². The Morgan fingerprint density at radius 1 is 1.14 bits per heavy atom. The van der Waals surface area contributed by atoms with E-state index < -0.39 is 23.2 Å². The number of benzene rings is 1. The summed E-state index contributed by atoms with van der Waals surface area (Å²) in [5.74, 6) is 0.296. The highest BCUT2D eigenvalue weighted by Gasteiger charge is 2.31. The molecule has 6 rings (SSSR count).